The van der Waals surface area contributed by atoms with Gasteiger partial charge in [0.1, 0.15) is 21.6 Å². The van der Waals surface area contributed by atoms with E-state index in [4.69, 9.17) is 71.5 Å². The second-order valence-corrected chi connectivity index (χ2v) is 29.2. The van der Waals surface area contributed by atoms with Crippen LogP contribution in [0.15, 0.2) is 269 Å². The molecule has 0 radical (unpaired) electrons. The van der Waals surface area contributed by atoms with Gasteiger partial charge < -0.3 is 30.2 Å². The third-order valence-electron chi connectivity index (χ3n) is 15.3. The molecule has 15 rings (SSSR count). The van der Waals surface area contributed by atoms with Crippen molar-refractivity contribution in [3.8, 4) is 11.5 Å². The molecule has 0 saturated heterocycles. The van der Waals surface area contributed by atoms with Crippen LogP contribution in [0.25, 0.3) is 53.9 Å². The van der Waals surface area contributed by atoms with Gasteiger partial charge in [0.2, 0.25) is 17.1 Å². The summed E-state index contributed by atoms with van der Waals surface area (Å²) >= 11 is 34.8. The first-order valence-electron chi connectivity index (χ1n) is 31.3. The zero-order valence-electron chi connectivity index (χ0n) is 55.1. The molecule has 0 aliphatic carbocycles. The van der Waals surface area contributed by atoms with Gasteiger partial charge in [0, 0.05) is 49.4 Å². The first-order valence-corrected chi connectivity index (χ1v) is 36.9. The second-order valence-electron chi connectivity index (χ2n) is 22.5. The van der Waals surface area contributed by atoms with Gasteiger partial charge in [-0.2, -0.15) is 5.21 Å². The number of aromatic nitrogens is 9. The Bertz CT molecular complexity index is 5440. The van der Waals surface area contributed by atoms with Gasteiger partial charge in [0.15, 0.2) is 5.03 Å². The highest BCUT2D eigenvalue weighted by Gasteiger charge is 2.24. The molecule has 15 aromatic rings. The first kappa shape index (κ1) is 75.5. The van der Waals surface area contributed by atoms with E-state index in [1.807, 2.05) is 206 Å². The summed E-state index contributed by atoms with van der Waals surface area (Å²) in [6.45, 7) is 2.89. The van der Waals surface area contributed by atoms with E-state index in [-0.39, 0.29) is 23.7 Å². The molecule has 0 unspecified atom stereocenters. The van der Waals surface area contributed by atoms with Gasteiger partial charge in [-0.25, -0.2) is 23.7 Å². The van der Waals surface area contributed by atoms with Crippen LogP contribution in [-0.2, 0) is 17.8 Å². The van der Waals surface area contributed by atoms with Crippen LogP contribution in [0.3, 0.4) is 0 Å². The summed E-state index contributed by atoms with van der Waals surface area (Å²) in [6.07, 6.45) is 0. The van der Waals surface area contributed by atoms with E-state index in [0.29, 0.717) is 43.2 Å². The van der Waals surface area contributed by atoms with E-state index >= 15 is 0 Å². The smallest absolute Gasteiger partial charge is 0.361 e. The lowest BCUT2D eigenvalue weighted by atomic mass is 10.1. The van der Waals surface area contributed by atoms with Gasteiger partial charge in [0.05, 0.1) is 33.9 Å². The number of anilines is 1. The Morgan fingerprint density at radius 1 is 0.442 bits per heavy atom. The minimum Gasteiger partial charge on any atom is -0.497 e. The van der Waals surface area contributed by atoms with Crippen LogP contribution >= 0.6 is 114 Å². The highest BCUT2D eigenvalue weighted by atomic mass is 79.9. The van der Waals surface area contributed by atoms with Crippen molar-refractivity contribution in [1.82, 2.24) is 45.4 Å². The minimum atomic E-state index is -1.11. The Hall–Kier alpha value is -9.66. The topological polar surface area (TPSA) is 248 Å². The maximum atomic E-state index is 12.5. The van der Waals surface area contributed by atoms with Crippen LogP contribution in [0.1, 0.15) is 49.5 Å². The van der Waals surface area contributed by atoms with Crippen molar-refractivity contribution < 1.29 is 38.8 Å². The van der Waals surface area contributed by atoms with E-state index in [9.17, 15) is 19.5 Å². The average Bonchev–Trinajstić information content (AvgIpc) is 1.63. The van der Waals surface area contributed by atoms with Crippen molar-refractivity contribution in [2.45, 2.75) is 49.8 Å². The number of carbonyl (C=O) groups is 3. The number of aromatic amines is 1. The molecular formula is C77H58Br2Cl4N10O8S3. The van der Waals surface area contributed by atoms with Crippen LogP contribution in [0.5, 0.6) is 11.5 Å². The molecule has 0 spiro atoms. The van der Waals surface area contributed by atoms with Crippen molar-refractivity contribution in [3.05, 3.63) is 288 Å². The maximum absolute atomic E-state index is 12.5. The maximum Gasteiger partial charge on any atom is 0.361 e. The molecule has 0 aliphatic heterocycles. The zero-order chi connectivity index (χ0) is 73.4. The van der Waals surface area contributed by atoms with E-state index < -0.39 is 17.9 Å². The number of halogens is 6. The van der Waals surface area contributed by atoms with E-state index in [0.717, 1.165) is 89.3 Å². The number of carbonyl (C=O) groups excluding carboxylic acids is 1. The number of nitrogens with two attached hydrogens (primary N) is 1. The Morgan fingerprint density at radius 3 is 1.21 bits per heavy atom. The predicted molar refractivity (Wildman–Crippen MR) is 422 cm³/mol. The zero-order valence-corrected chi connectivity index (χ0v) is 63.7. The average molecular weight is 1650 g/mol. The van der Waals surface area contributed by atoms with Crippen molar-refractivity contribution in [2.24, 2.45) is 0 Å². The summed E-state index contributed by atoms with van der Waals surface area (Å²) in [7, 11) is 3.24. The number of nitrogens with one attached hydrogen (secondary N) is 1. The van der Waals surface area contributed by atoms with Crippen LogP contribution in [0.2, 0.25) is 20.1 Å². The number of benzene rings is 12. The summed E-state index contributed by atoms with van der Waals surface area (Å²) in [5.41, 5.74) is 8.49. The summed E-state index contributed by atoms with van der Waals surface area (Å²) in [5.74, 6) is -1.17. The molecule has 12 aromatic carbocycles. The number of methoxy groups -OCH3 is 2. The number of H-pyrrole nitrogens is 1. The van der Waals surface area contributed by atoms with Gasteiger partial charge >= 0.3 is 17.9 Å². The molecule has 104 heavy (non-hydrogen) atoms. The number of carboxylic acids is 2. The van der Waals surface area contributed by atoms with E-state index in [1.54, 1.807) is 30.5 Å². The molecule has 3 aromatic heterocycles. The quantitative estimate of drug-likeness (QED) is 0.0518. The summed E-state index contributed by atoms with van der Waals surface area (Å²) < 4.78 is 21.1. The van der Waals surface area contributed by atoms with Gasteiger partial charge in [-0.1, -0.05) is 209 Å². The number of nitrogen functional groups attached to an aromatic ring is 1. The van der Waals surface area contributed by atoms with Crippen LogP contribution < -0.4 is 15.2 Å². The van der Waals surface area contributed by atoms with Crippen molar-refractivity contribution in [3.63, 3.8) is 0 Å². The molecule has 524 valence electrons. The monoisotopic (exact) mass is 1640 g/mol. The lowest BCUT2D eigenvalue weighted by Crippen LogP contribution is -2.08. The lowest BCUT2D eigenvalue weighted by Gasteiger charge is -2.09. The molecule has 27 heteroatoms. The van der Waals surface area contributed by atoms with E-state index in [1.165, 1.54) is 56.8 Å². The summed E-state index contributed by atoms with van der Waals surface area (Å²) in [6, 6.07) is 74.0. The minimum absolute atomic E-state index is 0.0697. The fraction of sp³-hybridized carbons (Fsp3) is 0.0779. The van der Waals surface area contributed by atoms with Gasteiger partial charge in [0.25, 0.3) is 0 Å². The molecule has 5 N–H and O–H groups in total. The first-order chi connectivity index (χ1) is 50.2. The number of fused-ring (bicyclic) bond motifs is 5. The Labute approximate surface area is 645 Å². The molecular weight excluding hydrogens is 1590 g/mol. The molecule has 3 heterocycles. The fourth-order valence-corrected chi connectivity index (χ4v) is 14.5. The predicted octanol–water partition coefficient (Wildman–Crippen LogP) is 21.4. The van der Waals surface area contributed by atoms with E-state index in [2.05, 4.69) is 92.2 Å². The lowest BCUT2D eigenvalue weighted by molar-refractivity contribution is 0.0513. The number of hydrogen-bond acceptors (Lipinski definition) is 16. The highest BCUT2D eigenvalue weighted by molar-refractivity contribution is 9.10. The second kappa shape index (κ2) is 35.7. The summed E-state index contributed by atoms with van der Waals surface area (Å²) in [4.78, 5) is 37.8. The van der Waals surface area contributed by atoms with Gasteiger partial charge in [-0.05, 0) is 218 Å². The molecule has 0 atom stereocenters. The van der Waals surface area contributed by atoms with Gasteiger partial charge in [-0.15, -0.1) is 20.4 Å². The number of carboxylic acid groups (broad SMARTS) is 2. The van der Waals surface area contributed by atoms with Crippen LogP contribution in [-0.4, -0.2) is 94.3 Å². The number of esters is 1. The normalized spacial score (nSPS) is 10.8. The fourth-order valence-electron chi connectivity index (χ4n) is 10.3. The summed E-state index contributed by atoms with van der Waals surface area (Å²) in [5, 5.41) is 59.8. The molecule has 0 bridgehead atoms. The number of nitrogens with zero attached hydrogens (tertiary/aromatic N) is 8. The van der Waals surface area contributed by atoms with Crippen LogP contribution in [0.4, 0.5) is 5.69 Å². The Balaban J connectivity index is 0.000000137. The molecule has 18 nitrogen and oxygen atoms in total. The molecule has 0 aliphatic rings. The van der Waals surface area contributed by atoms with Crippen molar-refractivity contribution >= 4 is 191 Å². The van der Waals surface area contributed by atoms with Gasteiger partial charge in [-0.3, -0.25) is 0 Å². The van der Waals surface area contributed by atoms with Crippen LogP contribution in [0, 0.1) is 0 Å². The third kappa shape index (κ3) is 20.2. The number of rotatable bonds is 16. The molecule has 0 fully saturated rings. The number of ether oxygens (including phenoxy) is 3. The number of hydrogen-bond donors (Lipinski definition) is 4. The molecule has 0 saturated carbocycles. The highest BCUT2D eigenvalue weighted by Crippen LogP contribution is 2.37. The SMILES string of the molecule is CCOC(=O)c1nnn(Cc2ccc(OC)cc2)c1Sc1ccc2cc(Cl)ccc2c1.COc1ccc(Cn2nnc(C(=O)O)c2Sc2ccc3cc(Cl)ccc3c2)cc1.Clc1ccc2cc(Br)ccc2c1.Nc1ccc2cc(Br)ccc2c1.O=C(O)c1n[nH]nc1Sc1ccc2cc(Cl)ccc2c1. The number of aromatic carboxylic acids is 2. The van der Waals surface area contributed by atoms with Crippen molar-refractivity contribution in [2.75, 3.05) is 26.6 Å². The Kier molecular flexibility index (Phi) is 25.9. The largest absolute Gasteiger partial charge is 0.497 e. The third-order valence-corrected chi connectivity index (χ3v) is 20.4. The Morgan fingerprint density at radius 2 is 0.798 bits per heavy atom. The molecule has 0 amide bonds. The standard InChI is InChI=1S/C23H20ClN3O3S.C21H16ClN3O3S.C13H8ClN3O2S.C10H6BrCl.C10H8BrN/c1-3-30-23(28)21-22(27(26-25-21)14-15-4-9-19(29-2)10-5-15)31-20-11-7-16-12-18(24)8-6-17(16)13-20;1-28-17-7-2-13(3-8-17)12-25-20(19(21(26)27)23-24-25)29-18-9-5-14-10-16(22)6-4-15(14)11-18;14-9-3-1-8-6-10(4-2-7(8)5-9)20-12-11(13(18)19)15-17-16-12;2*11-9-3-1-8-6-10(12)4-2-7(8)5-9/h4-13H,3,14H2,1-2H3;2-11H,12H2,1H3,(H,26,27);1-6H,(H,18,19)(H,15,16,17);1-6H;1-6H,12H2. The van der Waals surface area contributed by atoms with Crippen molar-refractivity contribution in [1.29, 1.82) is 0 Å².